The van der Waals surface area contributed by atoms with Crippen LogP contribution in [0.15, 0.2) is 149 Å². The van der Waals surface area contributed by atoms with Gasteiger partial charge in [-0.2, -0.15) is 38.2 Å². The number of nitrogens with zero attached hydrogens (tertiary/aromatic N) is 2. The van der Waals surface area contributed by atoms with E-state index >= 15 is 0 Å². The number of allylic oxidation sites excluding steroid dienone is 4. The number of amides is 1. The Kier molecular flexibility index (Phi) is 21.8. The van der Waals surface area contributed by atoms with Gasteiger partial charge in [-0.1, -0.05) is 66.7 Å². The molecule has 0 radical (unpaired) electrons. The fourth-order valence-corrected chi connectivity index (χ4v) is 15.7. The molecule has 0 saturated heterocycles. The predicted octanol–water partition coefficient (Wildman–Crippen LogP) is 7.62. The highest BCUT2D eigenvalue weighted by molar-refractivity contribution is 7.86. The Balaban J connectivity index is 1.10. The number of anilines is 1. The molecule has 2 heterocycles. The summed E-state index contributed by atoms with van der Waals surface area (Å²) in [6.45, 7) is 4.53. The molecule has 2 unspecified atom stereocenters. The molecule has 5 aromatic rings. The third-order valence-electron chi connectivity index (χ3n) is 15.4. The number of carbonyl (C=O) groups excluding carboxylic acids is 3. The molecular formula is C60H71N3O17PS4+. The number of carbonyl (C=O) groups is 3. The van der Waals surface area contributed by atoms with Crippen molar-refractivity contribution in [2.24, 2.45) is 0 Å². The van der Waals surface area contributed by atoms with Gasteiger partial charge in [-0.3, -0.25) is 27.8 Å². The van der Waals surface area contributed by atoms with Gasteiger partial charge in [-0.25, -0.2) is 4.79 Å². The molecule has 0 saturated carbocycles. The first-order chi connectivity index (χ1) is 40.1. The summed E-state index contributed by atoms with van der Waals surface area (Å²) < 4.78 is 150. The van der Waals surface area contributed by atoms with Crippen molar-refractivity contribution in [1.82, 2.24) is 5.32 Å². The Morgan fingerprint density at radius 1 is 0.659 bits per heavy atom. The monoisotopic (exact) mass is 1260 g/mol. The van der Waals surface area contributed by atoms with Crippen LogP contribution in [0.4, 0.5) is 11.4 Å². The fourth-order valence-electron chi connectivity index (χ4n) is 11.2. The number of esters is 1. The van der Waals surface area contributed by atoms with Gasteiger partial charge in [0.25, 0.3) is 46.4 Å². The molecule has 0 spiro atoms. The molecule has 2 aliphatic rings. The second kappa shape index (κ2) is 28.0. The van der Waals surface area contributed by atoms with Gasteiger partial charge in [0.15, 0.2) is 5.71 Å². The quantitative estimate of drug-likeness (QED) is 0.00970. The third kappa shape index (κ3) is 16.6. The van der Waals surface area contributed by atoms with Crippen molar-refractivity contribution in [3.63, 3.8) is 0 Å². The lowest BCUT2D eigenvalue weighted by atomic mass is 9.75. The van der Waals surface area contributed by atoms with Gasteiger partial charge in [0, 0.05) is 84.8 Å². The van der Waals surface area contributed by atoms with Crippen molar-refractivity contribution in [2.45, 2.75) is 98.7 Å². The molecule has 1 amide bonds. The number of Topliss-reactive ketones (excluding diaryl/α,β-unsaturated/α-hetero) is 1. The highest BCUT2D eigenvalue weighted by Crippen LogP contribution is 2.51. The van der Waals surface area contributed by atoms with Crippen LogP contribution in [0.3, 0.4) is 0 Å². The molecular weight excluding hydrogens is 1190 g/mol. The van der Waals surface area contributed by atoms with Gasteiger partial charge in [-0.05, 0) is 137 Å². The Bertz CT molecular complexity index is 3820. The summed E-state index contributed by atoms with van der Waals surface area (Å²) in [5.74, 6) is -2.12. The summed E-state index contributed by atoms with van der Waals surface area (Å²) in [4.78, 5) is 41.1. The molecule has 5 aromatic carbocycles. The number of unbranched alkanes of at least 4 members (excludes halogenated alkanes) is 2. The minimum Gasteiger partial charge on any atom is -0.465 e. The van der Waals surface area contributed by atoms with E-state index in [-0.39, 0.29) is 69.9 Å². The summed E-state index contributed by atoms with van der Waals surface area (Å²) in [5.41, 5.74) is 1.54. The second-order valence-electron chi connectivity index (χ2n) is 21.3. The first-order valence-electron chi connectivity index (χ1n) is 27.5. The number of benzene rings is 5. The largest absolute Gasteiger partial charge is 0.465 e. The predicted molar refractivity (Wildman–Crippen MR) is 326 cm³/mol. The van der Waals surface area contributed by atoms with Crippen molar-refractivity contribution >= 4 is 99.1 Å². The van der Waals surface area contributed by atoms with Crippen LogP contribution >= 0.6 is 7.92 Å². The van der Waals surface area contributed by atoms with E-state index < -0.39 is 86.5 Å². The first-order valence-corrected chi connectivity index (χ1v) is 34.9. The zero-order chi connectivity index (χ0) is 62.0. The molecule has 0 aliphatic carbocycles. The normalized spacial score (nSPS) is 17.7. The molecule has 456 valence electrons. The van der Waals surface area contributed by atoms with E-state index in [1.807, 2.05) is 70.1 Å². The molecule has 2 atom stereocenters. The zero-order valence-electron chi connectivity index (χ0n) is 47.6. The van der Waals surface area contributed by atoms with Gasteiger partial charge in [0.1, 0.15) is 12.3 Å². The minimum absolute atomic E-state index is 0.0120. The third-order valence-corrected chi connectivity index (χ3v) is 21.2. The van der Waals surface area contributed by atoms with Gasteiger partial charge in [-0.15, -0.1) is 0 Å². The van der Waals surface area contributed by atoms with Gasteiger partial charge in [0.2, 0.25) is 5.69 Å². The maximum absolute atomic E-state index is 13.6. The number of fused-ring (bicyclic) bond motifs is 2. The molecule has 0 fully saturated rings. The van der Waals surface area contributed by atoms with Crippen LogP contribution in [0.2, 0.25) is 0 Å². The molecule has 25 heteroatoms. The average Bonchev–Trinajstić information content (AvgIpc) is 1.66. The number of ether oxygens (including phenoxy) is 2. The van der Waals surface area contributed by atoms with E-state index in [0.717, 1.165) is 10.6 Å². The Morgan fingerprint density at radius 3 is 1.81 bits per heavy atom. The SMILES string of the molecule is COCCN1C(=CC=CC2=[N+](CCCCCC(=O)CCCNC(=O)c3ccc(C(=O)OC)c(P(c4ccccc4)c4ccccc4)c3)c3ccc(S(=O)(=O)O)cc3C2(C)CCCS(=O)(=O)O)C(C)(CCCS(=O)(=O)O)c2cc(S(=O)(=O)O)ccc21. The van der Waals surface area contributed by atoms with Gasteiger partial charge in [0.05, 0.1) is 46.0 Å². The van der Waals surface area contributed by atoms with Crippen molar-refractivity contribution in [1.29, 1.82) is 0 Å². The number of rotatable bonds is 30. The molecule has 5 N–H and O–H groups in total. The van der Waals surface area contributed by atoms with E-state index in [0.29, 0.717) is 82.6 Å². The van der Waals surface area contributed by atoms with E-state index in [4.69, 9.17) is 9.47 Å². The summed E-state index contributed by atoms with van der Waals surface area (Å²) >= 11 is 0. The first kappa shape index (κ1) is 66.2. The Hall–Kier alpha value is -6.31. The van der Waals surface area contributed by atoms with E-state index in [1.54, 1.807) is 56.3 Å². The van der Waals surface area contributed by atoms with Gasteiger partial charge >= 0.3 is 5.97 Å². The lowest BCUT2D eigenvalue weighted by molar-refractivity contribution is -0.438. The molecule has 2 aliphatic heterocycles. The van der Waals surface area contributed by atoms with Crippen LogP contribution in [0, 0.1) is 0 Å². The standard InChI is InChI=1S/C60H70N3O17PS4/c1-59(32-16-38-82(67,68)69)50-41-47(84(73,74)75)27-30-52(50)62(55(59)24-14-25-56-60(2,33-17-39-83(70,71)72)51-42-48(85(76,77)78)28-31-53(51)63(56)36-37-79-3)35-13-7-8-18-44(64)19-15-34-61-57(65)43-26-29-49(58(66)80-4)54(40-43)81(45-20-9-5-10-21-45)46-22-11-6-12-23-46/h5-6,9-12,14,20-31,40-42H,7-8,13,15-19,32-39H2,1-4H3,(H4-,61,65,67,68,69,70,71,72,73,74,75,76,77,78)/p+1. The van der Waals surface area contributed by atoms with Crippen LogP contribution in [0.1, 0.15) is 110 Å². The van der Waals surface area contributed by atoms with Crippen molar-refractivity contribution in [3.05, 3.63) is 161 Å². The molecule has 7 rings (SSSR count). The minimum atomic E-state index is -4.73. The van der Waals surface area contributed by atoms with Crippen molar-refractivity contribution < 1.29 is 80.3 Å². The Morgan fingerprint density at radius 2 is 1.24 bits per heavy atom. The van der Waals surface area contributed by atoms with E-state index in [1.165, 1.54) is 44.6 Å². The van der Waals surface area contributed by atoms with Crippen LogP contribution in [0.25, 0.3) is 0 Å². The lowest BCUT2D eigenvalue weighted by Crippen LogP contribution is -2.32. The summed E-state index contributed by atoms with van der Waals surface area (Å²) in [6.07, 6.45) is 7.65. The average molecular weight is 1270 g/mol. The van der Waals surface area contributed by atoms with Crippen molar-refractivity contribution in [3.8, 4) is 0 Å². The van der Waals surface area contributed by atoms with E-state index in [9.17, 15) is 66.3 Å². The summed E-state index contributed by atoms with van der Waals surface area (Å²) in [5, 5.41) is 5.53. The van der Waals surface area contributed by atoms with Crippen molar-refractivity contribution in [2.75, 3.05) is 56.9 Å². The summed E-state index contributed by atoms with van der Waals surface area (Å²) in [6, 6.07) is 32.6. The van der Waals surface area contributed by atoms with Gasteiger partial charge < -0.3 is 19.7 Å². The molecule has 0 bridgehead atoms. The second-order valence-corrected chi connectivity index (χ2v) is 29.5. The molecule has 20 nitrogen and oxygen atoms in total. The van der Waals surface area contributed by atoms with Crippen LogP contribution < -0.4 is 26.1 Å². The smallest absolute Gasteiger partial charge is 0.338 e. The molecule has 85 heavy (non-hydrogen) atoms. The highest BCUT2D eigenvalue weighted by atomic mass is 32.2. The number of ketones is 1. The van der Waals surface area contributed by atoms with Crippen LogP contribution in [-0.4, -0.2) is 132 Å². The number of hydrogen-bond donors (Lipinski definition) is 5. The fraction of sp³-hybridized carbons (Fsp3) is 0.367. The highest BCUT2D eigenvalue weighted by Gasteiger charge is 2.49. The maximum Gasteiger partial charge on any atom is 0.338 e. The topological polar surface area (TPSA) is 305 Å². The van der Waals surface area contributed by atoms with E-state index in [2.05, 4.69) is 5.32 Å². The maximum atomic E-state index is 13.6. The Labute approximate surface area is 498 Å². The number of hydrogen-bond acceptors (Lipinski definition) is 14. The summed E-state index contributed by atoms with van der Waals surface area (Å²) in [7, 11) is -16.7. The zero-order valence-corrected chi connectivity index (χ0v) is 51.7. The van der Waals surface area contributed by atoms with Crippen LogP contribution in [0.5, 0.6) is 0 Å². The number of nitrogens with one attached hydrogen (secondary N) is 1. The molecule has 0 aromatic heterocycles. The van der Waals surface area contributed by atoms with Crippen LogP contribution in [-0.2, 0) is 65.6 Å². The number of methoxy groups -OCH3 is 2. The lowest BCUT2D eigenvalue weighted by Gasteiger charge is -2.30.